The van der Waals surface area contributed by atoms with E-state index in [1.54, 1.807) is 24.3 Å². The van der Waals surface area contributed by atoms with Crippen molar-refractivity contribution in [3.05, 3.63) is 60.7 Å². The van der Waals surface area contributed by atoms with Gasteiger partial charge in [-0.25, -0.2) is 19.0 Å². The molecule has 2 aromatic carbocycles. The highest BCUT2D eigenvalue weighted by Gasteiger charge is 2.28. The highest BCUT2D eigenvalue weighted by atomic mass is 19.1. The van der Waals surface area contributed by atoms with Crippen molar-refractivity contribution in [2.24, 2.45) is 0 Å². The number of ether oxygens (including phenoxy) is 1. The minimum absolute atomic E-state index is 0.0705. The van der Waals surface area contributed by atoms with E-state index in [9.17, 15) is 9.50 Å². The molecule has 0 bridgehead atoms. The summed E-state index contributed by atoms with van der Waals surface area (Å²) in [4.78, 5) is 8.54. The van der Waals surface area contributed by atoms with Crippen LogP contribution in [0.3, 0.4) is 0 Å². The predicted molar refractivity (Wildman–Crippen MR) is 111 cm³/mol. The van der Waals surface area contributed by atoms with Crippen molar-refractivity contribution < 1.29 is 14.2 Å². The maximum Gasteiger partial charge on any atom is 0.164 e. The summed E-state index contributed by atoms with van der Waals surface area (Å²) in [6.45, 7) is 0. The van der Waals surface area contributed by atoms with E-state index in [-0.39, 0.29) is 18.0 Å². The molecule has 0 saturated heterocycles. The number of rotatable bonds is 4. The average molecular weight is 405 g/mol. The lowest BCUT2D eigenvalue weighted by Crippen LogP contribution is -2.09. The normalized spacial score (nSPS) is 18.7. The Labute approximate surface area is 172 Å². The fourth-order valence-corrected chi connectivity index (χ4v) is 3.96. The van der Waals surface area contributed by atoms with Crippen molar-refractivity contribution in [3.63, 3.8) is 0 Å². The molecule has 152 valence electrons. The summed E-state index contributed by atoms with van der Waals surface area (Å²) in [5.41, 5.74) is 8.35. The molecule has 30 heavy (non-hydrogen) atoms. The Kier molecular flexibility index (Phi) is 4.55. The molecule has 1 fully saturated rings. The predicted octanol–water partition coefficient (Wildman–Crippen LogP) is 4.09. The summed E-state index contributed by atoms with van der Waals surface area (Å²) in [5.74, 6) is 1.01. The summed E-state index contributed by atoms with van der Waals surface area (Å²) in [5, 5.41) is 15.4. The van der Waals surface area contributed by atoms with Crippen LogP contribution in [0.4, 0.5) is 10.2 Å². The molecular weight excluding hydrogens is 385 g/mol. The van der Waals surface area contributed by atoms with E-state index in [1.807, 2.05) is 16.8 Å². The Morgan fingerprint density at radius 1 is 1.07 bits per heavy atom. The standard InChI is InChI=1S/C22H20FN5O2/c23-14-2-1-3-18(10-14)30-17-8-4-13(5-9-17)20-19-21(24)25-12-26-22(19)28(27-20)15-6-7-16(29)11-15/h1-5,8-10,12,15-16,29H,6-7,11H2,(H2,24,25,26). The van der Waals surface area contributed by atoms with Crippen molar-refractivity contribution in [3.8, 4) is 22.8 Å². The van der Waals surface area contributed by atoms with Crippen LogP contribution >= 0.6 is 0 Å². The number of aromatic nitrogens is 4. The molecule has 1 saturated carbocycles. The Morgan fingerprint density at radius 3 is 2.63 bits per heavy atom. The van der Waals surface area contributed by atoms with Crippen LogP contribution in [0.5, 0.6) is 11.5 Å². The zero-order chi connectivity index (χ0) is 20.7. The number of fused-ring (bicyclic) bond motifs is 1. The molecule has 8 heteroatoms. The summed E-state index contributed by atoms with van der Waals surface area (Å²) in [7, 11) is 0. The van der Waals surface area contributed by atoms with Crippen molar-refractivity contribution in [1.82, 2.24) is 19.7 Å². The van der Waals surface area contributed by atoms with Crippen LogP contribution in [0.15, 0.2) is 54.9 Å². The molecule has 0 aliphatic heterocycles. The molecule has 7 nitrogen and oxygen atoms in total. The Hall–Kier alpha value is -3.52. The molecule has 0 radical (unpaired) electrons. The maximum atomic E-state index is 13.4. The second kappa shape index (κ2) is 7.38. The molecular formula is C22H20FN5O2. The van der Waals surface area contributed by atoms with Gasteiger partial charge < -0.3 is 15.6 Å². The van der Waals surface area contributed by atoms with E-state index in [0.717, 1.165) is 18.4 Å². The first-order valence-electron chi connectivity index (χ1n) is 9.79. The number of benzene rings is 2. The van der Waals surface area contributed by atoms with Crippen LogP contribution in [-0.4, -0.2) is 31.0 Å². The van der Waals surface area contributed by atoms with Gasteiger partial charge in [-0.3, -0.25) is 0 Å². The Bertz CT molecular complexity index is 1210. The molecule has 0 spiro atoms. The molecule has 5 rings (SSSR count). The third-order valence-electron chi connectivity index (χ3n) is 5.40. The van der Waals surface area contributed by atoms with Crippen molar-refractivity contribution in [2.45, 2.75) is 31.4 Å². The van der Waals surface area contributed by atoms with E-state index in [4.69, 9.17) is 15.6 Å². The topological polar surface area (TPSA) is 99.1 Å². The first kappa shape index (κ1) is 18.5. The molecule has 3 N–H and O–H groups in total. The first-order chi connectivity index (χ1) is 14.6. The van der Waals surface area contributed by atoms with Gasteiger partial charge in [-0.2, -0.15) is 5.10 Å². The smallest absolute Gasteiger partial charge is 0.164 e. The van der Waals surface area contributed by atoms with Gasteiger partial charge in [0.1, 0.15) is 35.2 Å². The van der Waals surface area contributed by atoms with Gasteiger partial charge in [0.25, 0.3) is 0 Å². The zero-order valence-electron chi connectivity index (χ0n) is 16.1. The number of hydrogen-bond acceptors (Lipinski definition) is 6. The number of hydrogen-bond donors (Lipinski definition) is 2. The minimum atomic E-state index is -0.353. The van der Waals surface area contributed by atoms with Crippen LogP contribution in [0, 0.1) is 5.82 Å². The third kappa shape index (κ3) is 3.35. The fourth-order valence-electron chi connectivity index (χ4n) is 3.96. The molecule has 0 amide bonds. The Morgan fingerprint density at radius 2 is 1.90 bits per heavy atom. The van der Waals surface area contributed by atoms with Gasteiger partial charge in [-0.15, -0.1) is 0 Å². The lowest BCUT2D eigenvalue weighted by Gasteiger charge is -2.10. The van der Waals surface area contributed by atoms with E-state index in [0.29, 0.717) is 40.5 Å². The second-order valence-corrected chi connectivity index (χ2v) is 7.46. The lowest BCUT2D eigenvalue weighted by atomic mass is 10.1. The quantitative estimate of drug-likeness (QED) is 0.530. The van der Waals surface area contributed by atoms with Gasteiger partial charge in [-0.05, 0) is 55.7 Å². The first-order valence-corrected chi connectivity index (χ1v) is 9.79. The van der Waals surface area contributed by atoms with Gasteiger partial charge in [-0.1, -0.05) is 6.07 Å². The summed E-state index contributed by atoms with van der Waals surface area (Å²) in [6, 6.07) is 13.4. The summed E-state index contributed by atoms with van der Waals surface area (Å²) < 4.78 is 20.9. The molecule has 2 unspecified atom stereocenters. The number of nitrogens with zero attached hydrogens (tertiary/aromatic N) is 4. The van der Waals surface area contributed by atoms with Gasteiger partial charge >= 0.3 is 0 Å². The maximum absolute atomic E-state index is 13.4. The average Bonchev–Trinajstić information content (AvgIpc) is 3.33. The largest absolute Gasteiger partial charge is 0.457 e. The monoisotopic (exact) mass is 405 g/mol. The van der Waals surface area contributed by atoms with Crippen LogP contribution in [0.2, 0.25) is 0 Å². The highest BCUT2D eigenvalue weighted by Crippen LogP contribution is 2.37. The number of anilines is 1. The number of nitrogens with two attached hydrogens (primary N) is 1. The van der Waals surface area contributed by atoms with Crippen LogP contribution in [0.1, 0.15) is 25.3 Å². The minimum Gasteiger partial charge on any atom is -0.457 e. The number of aliphatic hydroxyl groups is 1. The number of aliphatic hydroxyl groups excluding tert-OH is 1. The van der Waals surface area contributed by atoms with Gasteiger partial charge in [0.05, 0.1) is 17.5 Å². The fraction of sp³-hybridized carbons (Fsp3) is 0.227. The van der Waals surface area contributed by atoms with Crippen molar-refractivity contribution in [1.29, 1.82) is 0 Å². The number of halogens is 1. The van der Waals surface area contributed by atoms with Crippen molar-refractivity contribution >= 4 is 16.9 Å². The van der Waals surface area contributed by atoms with Crippen LogP contribution in [0.25, 0.3) is 22.3 Å². The van der Waals surface area contributed by atoms with E-state index in [1.165, 1.54) is 18.5 Å². The number of nitrogen functional groups attached to an aromatic ring is 1. The second-order valence-electron chi connectivity index (χ2n) is 7.46. The molecule has 2 aromatic heterocycles. The van der Waals surface area contributed by atoms with Gasteiger partial charge in [0, 0.05) is 11.6 Å². The SMILES string of the molecule is Nc1ncnc2c1c(-c1ccc(Oc3cccc(F)c3)cc1)nn2C1CCC(O)C1. The summed E-state index contributed by atoms with van der Waals surface area (Å²) >= 11 is 0. The molecule has 4 aromatic rings. The zero-order valence-corrected chi connectivity index (χ0v) is 16.1. The van der Waals surface area contributed by atoms with Gasteiger partial charge in [0.2, 0.25) is 0 Å². The van der Waals surface area contributed by atoms with Crippen LogP contribution in [-0.2, 0) is 0 Å². The lowest BCUT2D eigenvalue weighted by molar-refractivity contribution is 0.177. The molecule has 1 aliphatic carbocycles. The molecule has 2 atom stereocenters. The van der Waals surface area contributed by atoms with Gasteiger partial charge in [0.15, 0.2) is 5.65 Å². The Balaban J connectivity index is 1.51. The third-order valence-corrected chi connectivity index (χ3v) is 5.40. The molecule has 1 aliphatic rings. The van der Waals surface area contributed by atoms with E-state index < -0.39 is 0 Å². The molecule has 2 heterocycles. The van der Waals surface area contributed by atoms with E-state index >= 15 is 0 Å². The van der Waals surface area contributed by atoms with E-state index in [2.05, 4.69) is 9.97 Å². The summed E-state index contributed by atoms with van der Waals surface area (Å²) in [6.07, 6.45) is 3.33. The van der Waals surface area contributed by atoms with Crippen molar-refractivity contribution in [2.75, 3.05) is 5.73 Å². The highest BCUT2D eigenvalue weighted by molar-refractivity contribution is 5.98. The van der Waals surface area contributed by atoms with Crippen LogP contribution < -0.4 is 10.5 Å².